The zero-order valence-electron chi connectivity index (χ0n) is 14.5. The Bertz CT molecular complexity index is 654. The molecule has 1 saturated heterocycles. The van der Waals surface area contributed by atoms with Gasteiger partial charge in [0.25, 0.3) is 0 Å². The van der Waals surface area contributed by atoms with Gasteiger partial charge in [-0.15, -0.1) is 0 Å². The Morgan fingerprint density at radius 1 is 1.08 bits per heavy atom. The molecule has 4 heteroatoms. The van der Waals surface area contributed by atoms with E-state index >= 15 is 0 Å². The van der Waals surface area contributed by atoms with E-state index in [-0.39, 0.29) is 6.04 Å². The molecule has 1 atom stereocenters. The number of para-hydroxylation sites is 2. The molecule has 128 valence electrons. The van der Waals surface area contributed by atoms with Crippen molar-refractivity contribution in [2.75, 3.05) is 38.3 Å². The van der Waals surface area contributed by atoms with E-state index in [0.717, 1.165) is 38.6 Å². The molecule has 0 aromatic heterocycles. The summed E-state index contributed by atoms with van der Waals surface area (Å²) in [7, 11) is 1.72. The summed E-state index contributed by atoms with van der Waals surface area (Å²) in [6.07, 6.45) is 0. The van der Waals surface area contributed by atoms with Crippen molar-refractivity contribution in [3.63, 3.8) is 0 Å². The van der Waals surface area contributed by atoms with Gasteiger partial charge in [-0.1, -0.05) is 36.4 Å². The molecule has 0 amide bonds. The second-order valence-electron chi connectivity index (χ2n) is 6.07. The molecule has 0 spiro atoms. The lowest BCUT2D eigenvalue weighted by Gasteiger charge is -2.31. The van der Waals surface area contributed by atoms with Gasteiger partial charge < -0.3 is 19.7 Å². The van der Waals surface area contributed by atoms with E-state index in [2.05, 4.69) is 53.5 Å². The summed E-state index contributed by atoms with van der Waals surface area (Å²) >= 11 is 0. The highest BCUT2D eigenvalue weighted by Crippen LogP contribution is 2.26. The standard InChI is InChI=1S/C20H26N2O2/c1-16(18-8-4-6-10-20(18)23-2)21-15-17-7-3-5-9-19(17)22-11-13-24-14-12-22/h3-10,16,21H,11-15H2,1-2H3. The molecule has 1 aliphatic rings. The first kappa shape index (κ1) is 16.8. The van der Waals surface area contributed by atoms with Gasteiger partial charge in [-0.3, -0.25) is 0 Å². The maximum absolute atomic E-state index is 5.48. The van der Waals surface area contributed by atoms with Crippen molar-refractivity contribution in [1.82, 2.24) is 5.32 Å². The molecule has 1 fully saturated rings. The highest BCUT2D eigenvalue weighted by atomic mass is 16.5. The SMILES string of the molecule is COc1ccccc1C(C)NCc1ccccc1N1CCOCC1. The topological polar surface area (TPSA) is 33.7 Å². The van der Waals surface area contributed by atoms with Gasteiger partial charge in [-0.2, -0.15) is 0 Å². The van der Waals surface area contributed by atoms with Crippen molar-refractivity contribution in [2.24, 2.45) is 0 Å². The highest BCUT2D eigenvalue weighted by molar-refractivity contribution is 5.54. The molecule has 2 aromatic carbocycles. The first-order chi connectivity index (χ1) is 11.8. The summed E-state index contributed by atoms with van der Waals surface area (Å²) in [5, 5.41) is 3.63. The lowest BCUT2D eigenvalue weighted by atomic mass is 10.1. The molecule has 0 saturated carbocycles. The van der Waals surface area contributed by atoms with E-state index in [1.54, 1.807) is 7.11 Å². The monoisotopic (exact) mass is 326 g/mol. The van der Waals surface area contributed by atoms with Crippen molar-refractivity contribution in [2.45, 2.75) is 19.5 Å². The van der Waals surface area contributed by atoms with Gasteiger partial charge in [0.1, 0.15) is 5.75 Å². The van der Waals surface area contributed by atoms with Crippen LogP contribution >= 0.6 is 0 Å². The van der Waals surface area contributed by atoms with Gasteiger partial charge in [-0.25, -0.2) is 0 Å². The van der Waals surface area contributed by atoms with Crippen LogP contribution in [0.25, 0.3) is 0 Å². The summed E-state index contributed by atoms with van der Waals surface area (Å²) in [4.78, 5) is 2.41. The predicted octanol–water partition coefficient (Wildman–Crippen LogP) is 3.38. The Kier molecular flexibility index (Phi) is 5.72. The third kappa shape index (κ3) is 3.89. The Balaban J connectivity index is 1.70. The minimum atomic E-state index is 0.221. The number of nitrogens with one attached hydrogen (secondary N) is 1. The number of hydrogen-bond acceptors (Lipinski definition) is 4. The van der Waals surface area contributed by atoms with Crippen LogP contribution < -0.4 is 15.0 Å². The van der Waals surface area contributed by atoms with Crippen LogP contribution in [-0.2, 0) is 11.3 Å². The Hall–Kier alpha value is -2.04. The summed E-state index contributed by atoms with van der Waals surface area (Å²) in [6.45, 7) is 6.53. The number of hydrogen-bond donors (Lipinski definition) is 1. The average Bonchev–Trinajstić information content (AvgIpc) is 2.67. The summed E-state index contributed by atoms with van der Waals surface area (Å²) in [5.74, 6) is 0.930. The van der Waals surface area contributed by atoms with E-state index in [0.29, 0.717) is 0 Å². The average molecular weight is 326 g/mol. The number of anilines is 1. The van der Waals surface area contributed by atoms with Gasteiger partial charge in [-0.05, 0) is 24.6 Å². The quantitative estimate of drug-likeness (QED) is 0.882. The minimum Gasteiger partial charge on any atom is -0.496 e. The lowest BCUT2D eigenvalue weighted by Crippen LogP contribution is -2.37. The molecule has 1 heterocycles. The third-order valence-electron chi connectivity index (χ3n) is 4.55. The first-order valence-electron chi connectivity index (χ1n) is 8.56. The van der Waals surface area contributed by atoms with Gasteiger partial charge in [0.2, 0.25) is 0 Å². The molecule has 0 aliphatic carbocycles. The van der Waals surface area contributed by atoms with Gasteiger partial charge in [0, 0.05) is 36.9 Å². The molecular formula is C20H26N2O2. The molecule has 24 heavy (non-hydrogen) atoms. The maximum Gasteiger partial charge on any atom is 0.123 e. The van der Waals surface area contributed by atoms with Gasteiger partial charge in [0.15, 0.2) is 0 Å². The van der Waals surface area contributed by atoms with Crippen LogP contribution in [0.5, 0.6) is 5.75 Å². The fraction of sp³-hybridized carbons (Fsp3) is 0.400. The Morgan fingerprint density at radius 2 is 1.79 bits per heavy atom. The number of benzene rings is 2. The molecule has 2 aromatic rings. The molecule has 4 nitrogen and oxygen atoms in total. The van der Waals surface area contributed by atoms with Crippen molar-refractivity contribution in [3.8, 4) is 5.75 Å². The lowest BCUT2D eigenvalue weighted by molar-refractivity contribution is 0.122. The molecule has 1 N–H and O–H groups in total. The molecule has 0 bridgehead atoms. The van der Waals surface area contributed by atoms with Crippen LogP contribution in [0.3, 0.4) is 0 Å². The van der Waals surface area contributed by atoms with Crippen molar-refractivity contribution < 1.29 is 9.47 Å². The van der Waals surface area contributed by atoms with Crippen LogP contribution in [0.4, 0.5) is 5.69 Å². The third-order valence-corrected chi connectivity index (χ3v) is 4.55. The Morgan fingerprint density at radius 3 is 2.58 bits per heavy atom. The molecule has 0 radical (unpaired) electrons. The summed E-state index contributed by atoms with van der Waals surface area (Å²) < 4.78 is 10.9. The number of nitrogens with zero attached hydrogens (tertiary/aromatic N) is 1. The summed E-state index contributed by atoms with van der Waals surface area (Å²) in [5.41, 5.74) is 3.81. The van der Waals surface area contributed by atoms with Crippen LogP contribution in [0.15, 0.2) is 48.5 Å². The normalized spacial score (nSPS) is 16.0. The van der Waals surface area contributed by atoms with E-state index in [4.69, 9.17) is 9.47 Å². The fourth-order valence-corrected chi connectivity index (χ4v) is 3.17. The molecule has 1 unspecified atom stereocenters. The number of rotatable bonds is 6. The van der Waals surface area contributed by atoms with E-state index in [1.165, 1.54) is 16.8 Å². The number of morpholine rings is 1. The summed E-state index contributed by atoms with van der Waals surface area (Å²) in [6, 6.07) is 17.0. The molecule has 3 rings (SSSR count). The van der Waals surface area contributed by atoms with Crippen LogP contribution in [0.1, 0.15) is 24.1 Å². The minimum absolute atomic E-state index is 0.221. The number of ether oxygens (including phenoxy) is 2. The highest BCUT2D eigenvalue weighted by Gasteiger charge is 2.15. The van der Waals surface area contributed by atoms with E-state index < -0.39 is 0 Å². The largest absolute Gasteiger partial charge is 0.496 e. The second-order valence-corrected chi connectivity index (χ2v) is 6.07. The molecule has 1 aliphatic heterocycles. The van der Waals surface area contributed by atoms with E-state index in [9.17, 15) is 0 Å². The second kappa shape index (κ2) is 8.18. The van der Waals surface area contributed by atoms with Crippen molar-refractivity contribution in [3.05, 3.63) is 59.7 Å². The molecular weight excluding hydrogens is 300 g/mol. The number of methoxy groups -OCH3 is 1. The maximum atomic E-state index is 5.48. The fourth-order valence-electron chi connectivity index (χ4n) is 3.17. The van der Waals surface area contributed by atoms with E-state index in [1.807, 2.05) is 12.1 Å². The predicted molar refractivity (Wildman–Crippen MR) is 97.7 cm³/mol. The zero-order chi connectivity index (χ0) is 16.8. The smallest absolute Gasteiger partial charge is 0.123 e. The Labute approximate surface area is 144 Å². The van der Waals surface area contributed by atoms with Gasteiger partial charge >= 0.3 is 0 Å². The van der Waals surface area contributed by atoms with Crippen LogP contribution in [-0.4, -0.2) is 33.4 Å². The van der Waals surface area contributed by atoms with Crippen LogP contribution in [0.2, 0.25) is 0 Å². The first-order valence-corrected chi connectivity index (χ1v) is 8.56. The van der Waals surface area contributed by atoms with Crippen molar-refractivity contribution in [1.29, 1.82) is 0 Å². The zero-order valence-corrected chi connectivity index (χ0v) is 14.5. The van der Waals surface area contributed by atoms with Crippen molar-refractivity contribution >= 4 is 5.69 Å². The van der Waals surface area contributed by atoms with Gasteiger partial charge in [0.05, 0.1) is 20.3 Å². The van der Waals surface area contributed by atoms with Crippen LogP contribution in [0, 0.1) is 0 Å².